The van der Waals surface area contributed by atoms with Crippen molar-refractivity contribution in [1.82, 2.24) is 9.97 Å². The van der Waals surface area contributed by atoms with Gasteiger partial charge in [-0.1, -0.05) is 32.9 Å². The van der Waals surface area contributed by atoms with Crippen molar-refractivity contribution >= 4 is 28.4 Å². The number of benzene rings is 2. The molecule has 3 N–H and O–H groups in total. The Morgan fingerprint density at radius 2 is 1.96 bits per heavy atom. The molecule has 0 aliphatic heterocycles. The monoisotopic (exact) mass is 367 g/mol. The van der Waals surface area contributed by atoms with E-state index in [1.807, 2.05) is 12.1 Å². The van der Waals surface area contributed by atoms with Gasteiger partial charge in [-0.25, -0.2) is 14.8 Å². The lowest BCUT2D eigenvalue weighted by atomic mass is 9.87. The van der Waals surface area contributed by atoms with Gasteiger partial charge in [-0.05, 0) is 29.2 Å². The van der Waals surface area contributed by atoms with E-state index in [4.69, 9.17) is 9.84 Å². The normalized spacial score (nSPS) is 11.4. The van der Waals surface area contributed by atoms with E-state index in [9.17, 15) is 9.90 Å². The highest BCUT2D eigenvalue weighted by molar-refractivity contribution is 5.93. The molecule has 3 aromatic rings. The third kappa shape index (κ3) is 4.25. The number of nitrogens with one attached hydrogen (secondary N) is 1. The number of aromatic nitrogens is 2. The number of hydrogen-bond donors (Lipinski definition) is 3. The SMILES string of the molecule is CC(C)(C)c1cccc(Nc2ncnc3cc(OCC(=O)O)c(O)cc23)c1. The molecule has 140 valence electrons. The standard InChI is InChI=1S/C20H21N3O4/c1-20(2,3)12-5-4-6-13(7-12)23-19-14-8-16(24)17(27-10-18(25)26)9-15(14)21-11-22-19/h4-9,11,24H,10H2,1-3H3,(H,25,26)(H,21,22,23). The van der Waals surface area contributed by atoms with Gasteiger partial charge in [-0.15, -0.1) is 0 Å². The predicted molar refractivity (Wildman–Crippen MR) is 103 cm³/mol. The van der Waals surface area contributed by atoms with Crippen molar-refractivity contribution in [3.63, 3.8) is 0 Å². The second-order valence-electron chi connectivity index (χ2n) is 7.20. The topological polar surface area (TPSA) is 105 Å². The van der Waals surface area contributed by atoms with E-state index in [0.29, 0.717) is 16.7 Å². The second kappa shape index (κ2) is 7.11. The molecule has 2 aromatic carbocycles. The highest BCUT2D eigenvalue weighted by atomic mass is 16.5. The van der Waals surface area contributed by atoms with Crippen LogP contribution in [0.25, 0.3) is 10.9 Å². The Balaban J connectivity index is 1.96. The summed E-state index contributed by atoms with van der Waals surface area (Å²) in [5.41, 5.74) is 2.59. The lowest BCUT2D eigenvalue weighted by Gasteiger charge is -2.20. The molecule has 27 heavy (non-hydrogen) atoms. The van der Waals surface area contributed by atoms with Crippen LogP contribution in [0.4, 0.5) is 11.5 Å². The fraction of sp³-hybridized carbons (Fsp3) is 0.250. The summed E-state index contributed by atoms with van der Waals surface area (Å²) in [6.45, 7) is 5.88. The molecular weight excluding hydrogens is 346 g/mol. The summed E-state index contributed by atoms with van der Waals surface area (Å²) >= 11 is 0. The summed E-state index contributed by atoms with van der Waals surface area (Å²) in [7, 11) is 0. The molecule has 1 heterocycles. The molecule has 0 atom stereocenters. The van der Waals surface area contributed by atoms with E-state index in [0.717, 1.165) is 5.69 Å². The lowest BCUT2D eigenvalue weighted by Crippen LogP contribution is -2.11. The van der Waals surface area contributed by atoms with Crippen molar-refractivity contribution in [1.29, 1.82) is 0 Å². The number of aliphatic carboxylic acids is 1. The van der Waals surface area contributed by atoms with Crippen LogP contribution in [-0.2, 0) is 10.2 Å². The zero-order chi connectivity index (χ0) is 19.6. The predicted octanol–water partition coefficient (Wildman–Crippen LogP) is 3.84. The number of anilines is 2. The number of carbonyl (C=O) groups is 1. The quantitative estimate of drug-likeness (QED) is 0.629. The molecule has 1 aromatic heterocycles. The first-order valence-electron chi connectivity index (χ1n) is 8.44. The van der Waals surface area contributed by atoms with Crippen LogP contribution >= 0.6 is 0 Å². The van der Waals surface area contributed by atoms with Crippen LogP contribution in [-0.4, -0.2) is 32.8 Å². The van der Waals surface area contributed by atoms with Crippen LogP contribution in [0.2, 0.25) is 0 Å². The molecule has 0 unspecified atom stereocenters. The van der Waals surface area contributed by atoms with Crippen LogP contribution < -0.4 is 10.1 Å². The molecule has 0 radical (unpaired) electrons. The summed E-state index contributed by atoms with van der Waals surface area (Å²) in [4.78, 5) is 19.1. The zero-order valence-corrected chi connectivity index (χ0v) is 15.4. The number of carboxylic acids is 1. The maximum absolute atomic E-state index is 10.7. The largest absolute Gasteiger partial charge is 0.504 e. The van der Waals surface area contributed by atoms with E-state index >= 15 is 0 Å². The Labute approximate surface area is 156 Å². The number of phenolic OH excluding ortho intramolecular Hbond substituents is 1. The smallest absolute Gasteiger partial charge is 0.341 e. The Hall–Kier alpha value is -3.35. The van der Waals surface area contributed by atoms with Crippen LogP contribution in [0.3, 0.4) is 0 Å². The Kier molecular flexibility index (Phi) is 4.85. The minimum atomic E-state index is -1.13. The summed E-state index contributed by atoms with van der Waals surface area (Å²) in [6, 6.07) is 11.0. The highest BCUT2D eigenvalue weighted by Gasteiger charge is 2.15. The molecule has 0 aliphatic carbocycles. The fourth-order valence-corrected chi connectivity index (χ4v) is 2.63. The summed E-state index contributed by atoms with van der Waals surface area (Å²) < 4.78 is 5.09. The molecule has 0 saturated heterocycles. The van der Waals surface area contributed by atoms with E-state index in [1.54, 1.807) is 0 Å². The summed E-state index contributed by atoms with van der Waals surface area (Å²) in [5, 5.41) is 22.7. The molecule has 7 heteroatoms. The number of fused-ring (bicyclic) bond motifs is 1. The fourth-order valence-electron chi connectivity index (χ4n) is 2.63. The van der Waals surface area contributed by atoms with Gasteiger partial charge >= 0.3 is 5.97 Å². The molecule has 0 fully saturated rings. The van der Waals surface area contributed by atoms with E-state index < -0.39 is 12.6 Å². The van der Waals surface area contributed by atoms with Gasteiger partial charge in [0.15, 0.2) is 18.1 Å². The highest BCUT2D eigenvalue weighted by Crippen LogP contribution is 2.34. The minimum Gasteiger partial charge on any atom is -0.504 e. The maximum atomic E-state index is 10.7. The van der Waals surface area contributed by atoms with Crippen LogP contribution in [0.1, 0.15) is 26.3 Å². The second-order valence-corrected chi connectivity index (χ2v) is 7.20. The van der Waals surface area contributed by atoms with Gasteiger partial charge in [0.2, 0.25) is 0 Å². The van der Waals surface area contributed by atoms with E-state index in [-0.39, 0.29) is 16.9 Å². The Bertz CT molecular complexity index is 996. The summed E-state index contributed by atoms with van der Waals surface area (Å²) in [6.07, 6.45) is 1.40. The lowest BCUT2D eigenvalue weighted by molar-refractivity contribution is -0.139. The van der Waals surface area contributed by atoms with E-state index in [1.165, 1.54) is 24.0 Å². The number of phenols is 1. The Morgan fingerprint density at radius 1 is 1.19 bits per heavy atom. The van der Waals surface area contributed by atoms with Gasteiger partial charge in [0.25, 0.3) is 0 Å². The first-order valence-corrected chi connectivity index (χ1v) is 8.44. The molecule has 0 saturated carbocycles. The zero-order valence-electron chi connectivity index (χ0n) is 15.4. The molecule has 3 rings (SSSR count). The maximum Gasteiger partial charge on any atom is 0.341 e. The molecule has 0 spiro atoms. The van der Waals surface area contributed by atoms with Gasteiger partial charge in [0.1, 0.15) is 12.1 Å². The third-order valence-electron chi connectivity index (χ3n) is 4.06. The van der Waals surface area contributed by atoms with Crippen molar-refractivity contribution in [2.75, 3.05) is 11.9 Å². The Morgan fingerprint density at radius 3 is 2.67 bits per heavy atom. The van der Waals surface area contributed by atoms with Crippen molar-refractivity contribution in [2.45, 2.75) is 26.2 Å². The number of nitrogens with zero attached hydrogens (tertiary/aromatic N) is 2. The van der Waals surface area contributed by atoms with Gasteiger partial charge in [-0.3, -0.25) is 0 Å². The van der Waals surface area contributed by atoms with Crippen LogP contribution in [0.5, 0.6) is 11.5 Å². The number of ether oxygens (including phenoxy) is 1. The molecule has 7 nitrogen and oxygen atoms in total. The number of carboxylic acid groups (broad SMARTS) is 1. The van der Waals surface area contributed by atoms with Crippen molar-refractivity contribution in [3.8, 4) is 11.5 Å². The molecule has 0 amide bonds. The number of aromatic hydroxyl groups is 1. The molecule has 0 aliphatic rings. The van der Waals surface area contributed by atoms with Crippen LogP contribution in [0.15, 0.2) is 42.7 Å². The minimum absolute atomic E-state index is 0.0140. The van der Waals surface area contributed by atoms with Gasteiger partial charge in [-0.2, -0.15) is 0 Å². The van der Waals surface area contributed by atoms with Crippen molar-refractivity contribution < 1.29 is 19.7 Å². The van der Waals surface area contributed by atoms with Gasteiger partial charge in [0, 0.05) is 17.1 Å². The average Bonchev–Trinajstić information content (AvgIpc) is 2.60. The van der Waals surface area contributed by atoms with Crippen molar-refractivity contribution in [3.05, 3.63) is 48.3 Å². The third-order valence-corrected chi connectivity index (χ3v) is 4.06. The first kappa shape index (κ1) is 18.4. The summed E-state index contributed by atoms with van der Waals surface area (Å²) in [5.74, 6) is -0.710. The van der Waals surface area contributed by atoms with Crippen LogP contribution in [0, 0.1) is 0 Å². The van der Waals surface area contributed by atoms with Gasteiger partial charge in [0.05, 0.1) is 5.52 Å². The first-order chi connectivity index (χ1) is 12.7. The van der Waals surface area contributed by atoms with Crippen molar-refractivity contribution in [2.24, 2.45) is 0 Å². The number of hydrogen-bond acceptors (Lipinski definition) is 6. The molecule has 0 bridgehead atoms. The number of rotatable bonds is 5. The van der Waals surface area contributed by atoms with Gasteiger partial charge < -0.3 is 20.3 Å². The average molecular weight is 367 g/mol. The molecular formula is C20H21N3O4. The van der Waals surface area contributed by atoms with E-state index in [2.05, 4.69) is 48.2 Å².